The maximum Gasteiger partial charge on any atom is 0.150 e. The molecule has 0 fully saturated rings. The minimum Gasteiger partial charge on any atom is -0.497 e. The number of carbonyl (C=O) groups excluding carboxylic acids is 1. The lowest BCUT2D eigenvalue weighted by Crippen LogP contribution is -2.11. The normalized spacial score (nSPS) is 9.38. The quantitative estimate of drug-likeness (QED) is 0.473. The van der Waals surface area contributed by atoms with Gasteiger partial charge < -0.3 is 9.47 Å². The lowest BCUT2D eigenvalue weighted by Gasteiger charge is -2.10. The van der Waals surface area contributed by atoms with Gasteiger partial charge in [-0.3, -0.25) is 4.79 Å². The molecule has 4 heteroatoms. The van der Waals surface area contributed by atoms with Gasteiger partial charge in [-0.1, -0.05) is 0 Å². The number of ether oxygens (including phenoxy) is 2. The van der Waals surface area contributed by atoms with Crippen LogP contribution in [0, 0.1) is 0 Å². The topological polar surface area (TPSA) is 35.5 Å². The molecule has 0 bridgehead atoms. The van der Waals surface area contributed by atoms with Gasteiger partial charge in [-0.2, -0.15) is 0 Å². The first kappa shape index (κ1) is 9.64. The molecule has 0 aliphatic carbocycles. The molecule has 1 rings (SSSR count). The monoisotopic (exact) mass is 178 g/mol. The fraction of sp³-hybridized carbons (Fsp3) is 0.222. The summed E-state index contributed by atoms with van der Waals surface area (Å²) in [6.07, 6.45) is 0.768. The van der Waals surface area contributed by atoms with E-state index in [2.05, 4.69) is 0 Å². The SMILES string of the molecule is Bc1c(OC)cc(C=O)cc1OC. The number of aldehydes is 1. The van der Waals surface area contributed by atoms with Crippen molar-refractivity contribution in [2.24, 2.45) is 0 Å². The smallest absolute Gasteiger partial charge is 0.150 e. The van der Waals surface area contributed by atoms with Crippen LogP contribution in [0.15, 0.2) is 12.1 Å². The molecule has 0 atom stereocenters. The zero-order chi connectivity index (χ0) is 9.84. The molecule has 0 aromatic heterocycles. The predicted molar refractivity (Wildman–Crippen MR) is 53.1 cm³/mol. The maximum atomic E-state index is 10.5. The van der Waals surface area contributed by atoms with Gasteiger partial charge in [-0.25, -0.2) is 0 Å². The number of hydrogen-bond acceptors (Lipinski definition) is 3. The van der Waals surface area contributed by atoms with Gasteiger partial charge in [0.1, 0.15) is 25.6 Å². The Labute approximate surface area is 78.1 Å². The van der Waals surface area contributed by atoms with Crippen molar-refractivity contribution >= 4 is 19.6 Å². The molecule has 0 heterocycles. The van der Waals surface area contributed by atoms with Gasteiger partial charge in [-0.05, 0) is 17.6 Å². The predicted octanol–water partition coefficient (Wildman–Crippen LogP) is -0.225. The summed E-state index contributed by atoms with van der Waals surface area (Å²) in [6.45, 7) is 0. The van der Waals surface area contributed by atoms with Gasteiger partial charge in [0, 0.05) is 5.56 Å². The lowest BCUT2D eigenvalue weighted by atomic mass is 9.92. The van der Waals surface area contributed by atoms with E-state index < -0.39 is 0 Å². The Morgan fingerprint density at radius 3 is 2.00 bits per heavy atom. The van der Waals surface area contributed by atoms with Crippen LogP contribution in [0.3, 0.4) is 0 Å². The first-order valence-electron chi connectivity index (χ1n) is 3.90. The van der Waals surface area contributed by atoms with Crippen molar-refractivity contribution in [2.45, 2.75) is 0 Å². The molecule has 0 unspecified atom stereocenters. The van der Waals surface area contributed by atoms with Crippen molar-refractivity contribution < 1.29 is 14.3 Å². The second kappa shape index (κ2) is 3.98. The molecule has 3 nitrogen and oxygen atoms in total. The Morgan fingerprint density at radius 2 is 1.69 bits per heavy atom. The summed E-state index contributed by atoms with van der Waals surface area (Å²) in [5.41, 5.74) is 1.45. The molecule has 0 aliphatic rings. The number of hydrogen-bond donors (Lipinski definition) is 0. The van der Waals surface area contributed by atoms with Crippen LogP contribution in [-0.4, -0.2) is 28.4 Å². The van der Waals surface area contributed by atoms with E-state index in [0.717, 1.165) is 11.7 Å². The summed E-state index contributed by atoms with van der Waals surface area (Å²) in [6, 6.07) is 3.37. The van der Waals surface area contributed by atoms with Gasteiger partial charge >= 0.3 is 0 Å². The van der Waals surface area contributed by atoms with Gasteiger partial charge in [0.05, 0.1) is 14.2 Å². The van der Waals surface area contributed by atoms with Crippen LogP contribution in [0.2, 0.25) is 0 Å². The molecular weight excluding hydrogens is 167 g/mol. The van der Waals surface area contributed by atoms with Crippen LogP contribution in [0.4, 0.5) is 0 Å². The van der Waals surface area contributed by atoms with Crippen LogP contribution >= 0.6 is 0 Å². The molecule has 0 amide bonds. The largest absolute Gasteiger partial charge is 0.497 e. The molecule has 0 N–H and O–H groups in total. The lowest BCUT2D eigenvalue weighted by molar-refractivity contribution is 0.112. The molecule has 68 valence electrons. The molecule has 0 radical (unpaired) electrons. The van der Waals surface area contributed by atoms with Crippen molar-refractivity contribution in [2.75, 3.05) is 14.2 Å². The van der Waals surface area contributed by atoms with E-state index in [-0.39, 0.29) is 0 Å². The summed E-state index contributed by atoms with van der Waals surface area (Å²) >= 11 is 0. The first-order chi connectivity index (χ1) is 6.22. The second-order valence-electron chi connectivity index (χ2n) is 2.67. The summed E-state index contributed by atoms with van der Waals surface area (Å²) in [5.74, 6) is 1.34. The summed E-state index contributed by atoms with van der Waals surface area (Å²) in [7, 11) is 5.01. The van der Waals surface area contributed by atoms with E-state index in [1.54, 1.807) is 26.4 Å². The minimum absolute atomic E-state index is 0.555. The van der Waals surface area contributed by atoms with E-state index in [1.807, 2.05) is 7.85 Å². The standard InChI is InChI=1S/C9H11BO3/c1-12-7-3-6(5-11)4-8(13-2)9(7)10/h3-5H,10H2,1-2H3. The van der Waals surface area contributed by atoms with Gasteiger partial charge in [0.15, 0.2) is 0 Å². The highest BCUT2D eigenvalue weighted by Gasteiger charge is 2.06. The zero-order valence-corrected chi connectivity index (χ0v) is 7.96. The van der Waals surface area contributed by atoms with Crippen molar-refractivity contribution in [1.29, 1.82) is 0 Å². The van der Waals surface area contributed by atoms with Gasteiger partial charge in [0.2, 0.25) is 0 Å². The molecule has 0 spiro atoms. The minimum atomic E-state index is 0.555. The highest BCUT2D eigenvalue weighted by Crippen LogP contribution is 2.17. The third-order valence-corrected chi connectivity index (χ3v) is 1.91. The average Bonchev–Trinajstić information content (AvgIpc) is 2.18. The Morgan fingerprint density at radius 1 is 1.23 bits per heavy atom. The Kier molecular flexibility index (Phi) is 2.95. The first-order valence-corrected chi connectivity index (χ1v) is 3.90. The molecule has 0 saturated carbocycles. The highest BCUT2D eigenvalue weighted by molar-refractivity contribution is 6.36. The highest BCUT2D eigenvalue weighted by atomic mass is 16.5. The number of carbonyl (C=O) groups is 1. The second-order valence-corrected chi connectivity index (χ2v) is 2.67. The van der Waals surface area contributed by atoms with Crippen LogP contribution < -0.4 is 14.9 Å². The average molecular weight is 178 g/mol. The molecule has 1 aromatic carbocycles. The van der Waals surface area contributed by atoms with E-state index >= 15 is 0 Å². The number of benzene rings is 1. The third-order valence-electron chi connectivity index (χ3n) is 1.91. The van der Waals surface area contributed by atoms with Crippen LogP contribution in [-0.2, 0) is 0 Å². The Hall–Kier alpha value is -1.45. The Bertz CT molecular complexity index is 298. The summed E-state index contributed by atoms with van der Waals surface area (Å²) in [5, 5.41) is 0. The van der Waals surface area contributed by atoms with Gasteiger partial charge in [-0.15, -0.1) is 0 Å². The summed E-state index contributed by atoms with van der Waals surface area (Å²) < 4.78 is 10.2. The van der Waals surface area contributed by atoms with Crippen LogP contribution in [0.1, 0.15) is 10.4 Å². The molecule has 0 saturated heterocycles. The van der Waals surface area contributed by atoms with Crippen molar-refractivity contribution in [3.63, 3.8) is 0 Å². The fourth-order valence-electron chi connectivity index (χ4n) is 1.17. The maximum absolute atomic E-state index is 10.5. The van der Waals surface area contributed by atoms with Crippen LogP contribution in [0.25, 0.3) is 0 Å². The fourth-order valence-corrected chi connectivity index (χ4v) is 1.17. The molecule has 1 aromatic rings. The van der Waals surface area contributed by atoms with E-state index in [0.29, 0.717) is 17.1 Å². The van der Waals surface area contributed by atoms with E-state index in [4.69, 9.17) is 9.47 Å². The molecular formula is C9H11BO3. The van der Waals surface area contributed by atoms with Crippen molar-refractivity contribution in [3.8, 4) is 11.5 Å². The van der Waals surface area contributed by atoms with Crippen molar-refractivity contribution in [3.05, 3.63) is 17.7 Å². The zero-order valence-electron chi connectivity index (χ0n) is 7.96. The van der Waals surface area contributed by atoms with Gasteiger partial charge in [0.25, 0.3) is 0 Å². The number of methoxy groups -OCH3 is 2. The third kappa shape index (κ3) is 1.83. The molecule has 0 aliphatic heterocycles. The van der Waals surface area contributed by atoms with E-state index in [9.17, 15) is 4.79 Å². The van der Waals surface area contributed by atoms with E-state index in [1.165, 1.54) is 0 Å². The van der Waals surface area contributed by atoms with Crippen molar-refractivity contribution in [1.82, 2.24) is 0 Å². The summed E-state index contributed by atoms with van der Waals surface area (Å²) in [4.78, 5) is 10.5. The number of rotatable bonds is 3. The Balaban J connectivity index is 3.28. The molecule has 13 heavy (non-hydrogen) atoms. The van der Waals surface area contributed by atoms with Crippen LogP contribution in [0.5, 0.6) is 11.5 Å².